The molecule has 3 nitrogen and oxygen atoms in total. The van der Waals surface area contributed by atoms with E-state index >= 15 is 0 Å². The first kappa shape index (κ1) is 13.7. The molecule has 2 atom stereocenters. The summed E-state index contributed by atoms with van der Waals surface area (Å²) in [6.07, 6.45) is -1.07. The molecule has 0 fully saturated rings. The van der Waals surface area contributed by atoms with Gasteiger partial charge in [-0.2, -0.15) is 0 Å². The van der Waals surface area contributed by atoms with E-state index in [0.29, 0.717) is 11.5 Å². The highest BCUT2D eigenvalue weighted by molar-refractivity contribution is 5.26. The average molecular weight is 267 g/mol. The minimum atomic E-state index is -1.07. The predicted molar refractivity (Wildman–Crippen MR) is 66.6 cm³/mol. The van der Waals surface area contributed by atoms with Crippen molar-refractivity contribution in [1.29, 1.82) is 0 Å². The maximum atomic E-state index is 13.7. The topological polar surface area (TPSA) is 59.4 Å². The molecule has 0 aliphatic rings. The molecule has 0 aliphatic heterocycles. The minimum absolute atomic E-state index is 0.0173. The van der Waals surface area contributed by atoms with Crippen molar-refractivity contribution in [3.05, 3.63) is 59.1 Å². The van der Waals surface area contributed by atoms with Crippen LogP contribution in [0.3, 0.4) is 0 Å². The molecule has 0 spiro atoms. The highest BCUT2D eigenvalue weighted by atomic mass is 19.1. The van der Waals surface area contributed by atoms with Gasteiger partial charge in [0.15, 0.2) is 0 Å². The van der Waals surface area contributed by atoms with Crippen LogP contribution in [0.15, 0.2) is 34.7 Å². The lowest BCUT2D eigenvalue weighted by atomic mass is 9.91. The average Bonchev–Trinajstić information content (AvgIpc) is 2.79. The monoisotopic (exact) mass is 267 g/mol. The number of hydrogen-bond acceptors (Lipinski definition) is 3. The Labute approximate surface area is 109 Å². The summed E-state index contributed by atoms with van der Waals surface area (Å²) in [7, 11) is 0. The van der Waals surface area contributed by atoms with E-state index in [1.54, 1.807) is 19.1 Å². The number of benzene rings is 1. The molecule has 0 radical (unpaired) electrons. The molecule has 102 valence electrons. The Kier molecular flexibility index (Phi) is 3.97. The molecule has 1 aromatic heterocycles. The van der Waals surface area contributed by atoms with E-state index in [4.69, 9.17) is 10.2 Å². The van der Waals surface area contributed by atoms with E-state index in [1.807, 2.05) is 0 Å². The molecule has 3 N–H and O–H groups in total. The number of aliphatic hydroxyl groups excluding tert-OH is 1. The van der Waals surface area contributed by atoms with Gasteiger partial charge < -0.3 is 15.3 Å². The van der Waals surface area contributed by atoms with Crippen molar-refractivity contribution in [3.63, 3.8) is 0 Å². The molecule has 0 bridgehead atoms. The Bertz CT molecular complexity index is 568. The maximum absolute atomic E-state index is 13.7. The van der Waals surface area contributed by atoms with Gasteiger partial charge in [-0.25, -0.2) is 8.78 Å². The third-order valence-electron chi connectivity index (χ3n) is 3.05. The first-order valence-corrected chi connectivity index (χ1v) is 5.92. The smallest absolute Gasteiger partial charge is 0.133 e. The van der Waals surface area contributed by atoms with Crippen molar-refractivity contribution in [2.75, 3.05) is 6.54 Å². The van der Waals surface area contributed by atoms with E-state index in [2.05, 4.69) is 0 Å². The second-order valence-corrected chi connectivity index (χ2v) is 4.40. The van der Waals surface area contributed by atoms with Crippen LogP contribution in [0.4, 0.5) is 8.78 Å². The minimum Gasteiger partial charge on any atom is -0.464 e. The number of rotatable bonds is 4. The van der Waals surface area contributed by atoms with Crippen LogP contribution < -0.4 is 5.73 Å². The zero-order valence-corrected chi connectivity index (χ0v) is 10.4. The Morgan fingerprint density at radius 2 is 2.00 bits per heavy atom. The fourth-order valence-electron chi connectivity index (χ4n) is 2.04. The zero-order valence-electron chi connectivity index (χ0n) is 10.4. The summed E-state index contributed by atoms with van der Waals surface area (Å²) < 4.78 is 31.9. The largest absolute Gasteiger partial charge is 0.464 e. The highest BCUT2D eigenvalue weighted by Gasteiger charge is 2.26. The number of nitrogens with two attached hydrogens (primary N) is 1. The van der Waals surface area contributed by atoms with E-state index in [-0.39, 0.29) is 12.1 Å². The third kappa shape index (κ3) is 2.83. The Morgan fingerprint density at radius 3 is 2.53 bits per heavy atom. The molecule has 0 amide bonds. The SMILES string of the molecule is Cc1ccc(C(O)C(CN)c2ccc(F)cc2F)o1. The second-order valence-electron chi connectivity index (χ2n) is 4.40. The summed E-state index contributed by atoms with van der Waals surface area (Å²) in [5.41, 5.74) is 5.77. The number of aryl methyl sites for hydroxylation is 1. The highest BCUT2D eigenvalue weighted by Crippen LogP contribution is 2.32. The number of furan rings is 1. The molecule has 1 heterocycles. The molecule has 19 heavy (non-hydrogen) atoms. The predicted octanol–water partition coefficient (Wildman–Crippen LogP) is 2.64. The van der Waals surface area contributed by atoms with Crippen LogP contribution in [0.5, 0.6) is 0 Å². The van der Waals surface area contributed by atoms with E-state index < -0.39 is 23.7 Å². The van der Waals surface area contributed by atoms with E-state index in [0.717, 1.165) is 12.1 Å². The molecule has 1 aromatic carbocycles. The van der Waals surface area contributed by atoms with Crippen molar-refractivity contribution in [3.8, 4) is 0 Å². The second kappa shape index (κ2) is 5.50. The Balaban J connectivity index is 2.33. The molecule has 2 aromatic rings. The van der Waals surface area contributed by atoms with Crippen LogP contribution in [0, 0.1) is 18.6 Å². The van der Waals surface area contributed by atoms with Crippen molar-refractivity contribution < 1.29 is 18.3 Å². The van der Waals surface area contributed by atoms with Crippen LogP contribution in [-0.2, 0) is 0 Å². The first-order valence-electron chi connectivity index (χ1n) is 5.92. The number of halogens is 2. The standard InChI is InChI=1S/C14H15F2NO2/c1-8-2-5-13(19-8)14(18)11(7-17)10-4-3-9(15)6-12(10)16/h2-6,11,14,18H,7,17H2,1H3. The van der Waals surface area contributed by atoms with Gasteiger partial charge in [0.1, 0.15) is 29.3 Å². The van der Waals surface area contributed by atoms with E-state index in [9.17, 15) is 13.9 Å². The summed E-state index contributed by atoms with van der Waals surface area (Å²) in [5.74, 6) is -1.12. The first-order chi connectivity index (χ1) is 9.02. The van der Waals surface area contributed by atoms with Gasteiger partial charge in [0, 0.05) is 18.5 Å². The van der Waals surface area contributed by atoms with Gasteiger partial charge in [-0.3, -0.25) is 0 Å². The van der Waals surface area contributed by atoms with Gasteiger partial charge in [-0.05, 0) is 30.7 Å². The van der Waals surface area contributed by atoms with Gasteiger partial charge in [-0.1, -0.05) is 6.07 Å². The molecular formula is C14H15F2NO2. The summed E-state index contributed by atoms with van der Waals surface area (Å²) in [6, 6.07) is 6.53. The zero-order chi connectivity index (χ0) is 14.0. The molecular weight excluding hydrogens is 252 g/mol. The lowest BCUT2D eigenvalue weighted by Gasteiger charge is -2.20. The van der Waals surface area contributed by atoms with Crippen LogP contribution in [0.2, 0.25) is 0 Å². The third-order valence-corrected chi connectivity index (χ3v) is 3.05. The Morgan fingerprint density at radius 1 is 1.26 bits per heavy atom. The van der Waals surface area contributed by atoms with Crippen molar-refractivity contribution in [2.24, 2.45) is 5.73 Å². The van der Waals surface area contributed by atoms with Crippen molar-refractivity contribution in [1.82, 2.24) is 0 Å². The lowest BCUT2D eigenvalue weighted by molar-refractivity contribution is 0.119. The summed E-state index contributed by atoms with van der Waals surface area (Å²) in [4.78, 5) is 0. The van der Waals surface area contributed by atoms with Crippen LogP contribution in [0.1, 0.15) is 29.1 Å². The van der Waals surface area contributed by atoms with Gasteiger partial charge in [-0.15, -0.1) is 0 Å². The van der Waals surface area contributed by atoms with Crippen molar-refractivity contribution >= 4 is 0 Å². The van der Waals surface area contributed by atoms with E-state index in [1.165, 1.54) is 6.07 Å². The van der Waals surface area contributed by atoms with Crippen LogP contribution in [-0.4, -0.2) is 11.7 Å². The summed E-state index contributed by atoms with van der Waals surface area (Å²) >= 11 is 0. The summed E-state index contributed by atoms with van der Waals surface area (Å²) in [6.45, 7) is 1.76. The molecule has 0 aliphatic carbocycles. The number of aliphatic hydroxyl groups is 1. The molecule has 2 unspecified atom stereocenters. The molecule has 2 rings (SSSR count). The maximum Gasteiger partial charge on any atom is 0.133 e. The van der Waals surface area contributed by atoms with Crippen LogP contribution >= 0.6 is 0 Å². The molecule has 5 heteroatoms. The quantitative estimate of drug-likeness (QED) is 0.895. The van der Waals surface area contributed by atoms with Gasteiger partial charge in [0.05, 0.1) is 0 Å². The van der Waals surface area contributed by atoms with Crippen molar-refractivity contribution in [2.45, 2.75) is 18.9 Å². The van der Waals surface area contributed by atoms with Gasteiger partial charge in [0.2, 0.25) is 0 Å². The summed E-state index contributed by atoms with van der Waals surface area (Å²) in [5, 5.41) is 10.2. The van der Waals surface area contributed by atoms with Gasteiger partial charge >= 0.3 is 0 Å². The lowest BCUT2D eigenvalue weighted by Crippen LogP contribution is -2.21. The fourth-order valence-corrected chi connectivity index (χ4v) is 2.04. The fraction of sp³-hybridized carbons (Fsp3) is 0.286. The normalized spacial score (nSPS) is 14.4. The Hall–Kier alpha value is -1.72. The van der Waals surface area contributed by atoms with Crippen LogP contribution in [0.25, 0.3) is 0 Å². The molecule has 0 saturated heterocycles. The van der Waals surface area contributed by atoms with Gasteiger partial charge in [0.25, 0.3) is 0 Å². The number of hydrogen-bond donors (Lipinski definition) is 2. The molecule has 0 saturated carbocycles.